The Kier molecular flexibility index (Phi) is 4.32. The maximum atomic E-state index is 12.2. The van der Waals surface area contributed by atoms with E-state index in [-0.39, 0.29) is 33.7 Å². The molecule has 2 N–H and O–H groups in total. The minimum atomic E-state index is -4.38. The molecule has 0 saturated carbocycles. The third kappa shape index (κ3) is 4.12. The molecule has 0 bridgehead atoms. The summed E-state index contributed by atoms with van der Waals surface area (Å²) in [6, 6.07) is 3.73. The second-order valence-corrected chi connectivity index (χ2v) is 4.89. The number of rotatable bonds is 3. The molecule has 0 aliphatic heterocycles. The van der Waals surface area contributed by atoms with E-state index in [9.17, 15) is 18.0 Å². The maximum absolute atomic E-state index is 12.2. The summed E-state index contributed by atoms with van der Waals surface area (Å²) >= 11 is 5.50. The molecule has 7 heteroatoms. The SMILES string of the molecule is CC(=O)C(Cl)c1cc(SC(F)(F)F)ccc1N. The maximum Gasteiger partial charge on any atom is 0.446 e. The van der Waals surface area contributed by atoms with Crippen LogP contribution in [0.5, 0.6) is 0 Å². The van der Waals surface area contributed by atoms with E-state index in [1.807, 2.05) is 0 Å². The molecule has 2 nitrogen and oxygen atoms in total. The van der Waals surface area contributed by atoms with Crippen LogP contribution in [-0.2, 0) is 4.79 Å². The predicted octanol–water partition coefficient (Wildman–Crippen LogP) is 3.75. The third-order valence-corrected chi connectivity index (χ3v) is 3.19. The Morgan fingerprint density at radius 2 is 2.06 bits per heavy atom. The van der Waals surface area contributed by atoms with Gasteiger partial charge in [0.15, 0.2) is 5.78 Å². The Balaban J connectivity index is 3.06. The number of Topliss-reactive ketones (excluding diaryl/α,β-unsaturated/α-hetero) is 1. The van der Waals surface area contributed by atoms with Gasteiger partial charge in [-0.25, -0.2) is 0 Å². The second kappa shape index (κ2) is 5.18. The van der Waals surface area contributed by atoms with Gasteiger partial charge in [0.25, 0.3) is 0 Å². The van der Waals surface area contributed by atoms with Crippen LogP contribution in [0.1, 0.15) is 17.9 Å². The number of alkyl halides is 4. The van der Waals surface area contributed by atoms with Gasteiger partial charge in [0.05, 0.1) is 0 Å². The van der Waals surface area contributed by atoms with Gasteiger partial charge in [-0.15, -0.1) is 11.6 Å². The Hall–Kier alpha value is -0.880. The summed E-state index contributed by atoms with van der Waals surface area (Å²) in [7, 11) is 0. The highest BCUT2D eigenvalue weighted by Crippen LogP contribution is 2.39. The topological polar surface area (TPSA) is 43.1 Å². The van der Waals surface area contributed by atoms with Crippen molar-refractivity contribution in [1.82, 2.24) is 0 Å². The first-order valence-electron chi connectivity index (χ1n) is 4.50. The number of nitrogen functional groups attached to an aromatic ring is 1. The van der Waals surface area contributed by atoms with Crippen LogP contribution in [0.15, 0.2) is 23.1 Å². The van der Waals surface area contributed by atoms with Gasteiger partial charge in [0, 0.05) is 16.1 Å². The number of halogens is 4. The Labute approximate surface area is 105 Å². The molecule has 1 aromatic rings. The fourth-order valence-electron chi connectivity index (χ4n) is 1.19. The number of nitrogens with two attached hydrogens (primary N) is 1. The molecule has 0 amide bonds. The zero-order valence-corrected chi connectivity index (χ0v) is 10.3. The van der Waals surface area contributed by atoms with Crippen molar-refractivity contribution in [2.45, 2.75) is 22.7 Å². The molecule has 1 unspecified atom stereocenters. The number of thioether (sulfide) groups is 1. The number of benzene rings is 1. The number of carbonyl (C=O) groups excluding carboxylic acids is 1. The number of hydrogen-bond donors (Lipinski definition) is 1. The van der Waals surface area contributed by atoms with Crippen LogP contribution in [0.4, 0.5) is 18.9 Å². The van der Waals surface area contributed by atoms with Crippen molar-refractivity contribution < 1.29 is 18.0 Å². The van der Waals surface area contributed by atoms with E-state index in [1.54, 1.807) is 0 Å². The van der Waals surface area contributed by atoms with E-state index < -0.39 is 10.9 Å². The van der Waals surface area contributed by atoms with Crippen molar-refractivity contribution in [3.63, 3.8) is 0 Å². The van der Waals surface area contributed by atoms with Gasteiger partial charge in [-0.2, -0.15) is 13.2 Å². The molecule has 1 rings (SSSR count). The molecule has 0 radical (unpaired) electrons. The van der Waals surface area contributed by atoms with Gasteiger partial charge in [-0.1, -0.05) is 0 Å². The van der Waals surface area contributed by atoms with Crippen LogP contribution in [0.25, 0.3) is 0 Å². The summed E-state index contributed by atoms with van der Waals surface area (Å²) in [6.45, 7) is 1.25. The quantitative estimate of drug-likeness (QED) is 0.522. The van der Waals surface area contributed by atoms with Crippen molar-refractivity contribution in [3.8, 4) is 0 Å². The lowest BCUT2D eigenvalue weighted by molar-refractivity contribution is -0.116. The number of hydrogen-bond acceptors (Lipinski definition) is 3. The lowest BCUT2D eigenvalue weighted by Gasteiger charge is -2.12. The Morgan fingerprint density at radius 3 is 2.53 bits per heavy atom. The average Bonchev–Trinajstić information content (AvgIpc) is 2.17. The van der Waals surface area contributed by atoms with Crippen molar-refractivity contribution in [2.75, 3.05) is 5.73 Å². The normalized spacial score (nSPS) is 13.5. The summed E-state index contributed by atoms with van der Waals surface area (Å²) in [6.07, 6.45) is 0. The standard InChI is InChI=1S/C10H9ClF3NOS/c1-5(16)9(11)7-4-6(2-3-8(7)15)17-10(12,13)14/h2-4,9H,15H2,1H3. The lowest BCUT2D eigenvalue weighted by atomic mass is 10.1. The molecule has 0 fully saturated rings. The molecule has 1 aromatic carbocycles. The fraction of sp³-hybridized carbons (Fsp3) is 0.300. The molecule has 0 aliphatic rings. The first kappa shape index (κ1) is 14.2. The highest BCUT2D eigenvalue weighted by Gasteiger charge is 2.29. The minimum Gasteiger partial charge on any atom is -0.398 e. The Bertz CT molecular complexity index is 436. The van der Waals surface area contributed by atoms with E-state index in [0.29, 0.717) is 0 Å². The Morgan fingerprint density at radius 1 is 1.47 bits per heavy atom. The molecule has 0 saturated heterocycles. The zero-order valence-electron chi connectivity index (χ0n) is 8.72. The van der Waals surface area contributed by atoms with Crippen LogP contribution in [0, 0.1) is 0 Å². The smallest absolute Gasteiger partial charge is 0.398 e. The van der Waals surface area contributed by atoms with Crippen molar-refractivity contribution in [2.24, 2.45) is 0 Å². The fourth-order valence-corrected chi connectivity index (χ4v) is 1.97. The zero-order chi connectivity index (χ0) is 13.2. The summed E-state index contributed by atoms with van der Waals surface area (Å²) in [4.78, 5) is 11.0. The van der Waals surface area contributed by atoms with E-state index in [4.69, 9.17) is 17.3 Å². The molecule has 94 valence electrons. The van der Waals surface area contributed by atoms with Crippen LogP contribution < -0.4 is 5.73 Å². The van der Waals surface area contributed by atoms with Gasteiger partial charge in [0.2, 0.25) is 0 Å². The van der Waals surface area contributed by atoms with Crippen molar-refractivity contribution >= 4 is 34.8 Å². The summed E-state index contributed by atoms with van der Waals surface area (Å²) in [5.74, 6) is -0.368. The lowest BCUT2D eigenvalue weighted by Crippen LogP contribution is -2.06. The minimum absolute atomic E-state index is 0.0476. The van der Waals surface area contributed by atoms with E-state index in [2.05, 4.69) is 0 Å². The van der Waals surface area contributed by atoms with E-state index in [1.165, 1.54) is 25.1 Å². The number of anilines is 1. The molecular formula is C10H9ClF3NOS. The summed E-state index contributed by atoms with van der Waals surface area (Å²) in [5.41, 5.74) is 1.58. The van der Waals surface area contributed by atoms with E-state index in [0.717, 1.165) is 0 Å². The number of carbonyl (C=O) groups is 1. The van der Waals surface area contributed by atoms with Gasteiger partial charge in [0.1, 0.15) is 5.38 Å². The van der Waals surface area contributed by atoms with Crippen molar-refractivity contribution in [1.29, 1.82) is 0 Å². The van der Waals surface area contributed by atoms with Crippen LogP contribution >= 0.6 is 23.4 Å². The van der Waals surface area contributed by atoms with Gasteiger partial charge >= 0.3 is 5.51 Å². The van der Waals surface area contributed by atoms with Crippen LogP contribution in [0.2, 0.25) is 0 Å². The highest BCUT2D eigenvalue weighted by molar-refractivity contribution is 8.00. The van der Waals surface area contributed by atoms with Crippen molar-refractivity contribution in [3.05, 3.63) is 23.8 Å². The monoisotopic (exact) mass is 283 g/mol. The molecule has 0 aromatic heterocycles. The average molecular weight is 284 g/mol. The van der Waals surface area contributed by atoms with E-state index >= 15 is 0 Å². The third-order valence-electron chi connectivity index (χ3n) is 1.92. The summed E-state index contributed by atoms with van der Waals surface area (Å²) in [5, 5.41) is -1.02. The molecular weight excluding hydrogens is 275 g/mol. The van der Waals surface area contributed by atoms with Crippen LogP contribution in [-0.4, -0.2) is 11.3 Å². The van der Waals surface area contributed by atoms with Gasteiger partial charge in [-0.05, 0) is 36.9 Å². The number of ketones is 1. The molecule has 0 aliphatic carbocycles. The van der Waals surface area contributed by atoms with Gasteiger partial charge in [-0.3, -0.25) is 4.79 Å². The molecule has 0 heterocycles. The van der Waals surface area contributed by atoms with Crippen LogP contribution in [0.3, 0.4) is 0 Å². The first-order chi connectivity index (χ1) is 7.70. The largest absolute Gasteiger partial charge is 0.446 e. The molecule has 0 spiro atoms. The first-order valence-corrected chi connectivity index (χ1v) is 5.75. The molecule has 1 atom stereocenters. The second-order valence-electron chi connectivity index (χ2n) is 3.31. The highest BCUT2D eigenvalue weighted by atomic mass is 35.5. The molecule has 17 heavy (non-hydrogen) atoms. The summed E-state index contributed by atoms with van der Waals surface area (Å²) < 4.78 is 36.5. The predicted molar refractivity (Wildman–Crippen MR) is 62.0 cm³/mol. The van der Waals surface area contributed by atoms with Gasteiger partial charge < -0.3 is 5.73 Å².